The van der Waals surface area contributed by atoms with Gasteiger partial charge in [0, 0.05) is 37.4 Å². The van der Waals surface area contributed by atoms with E-state index in [2.05, 4.69) is 27.4 Å². The highest BCUT2D eigenvalue weighted by molar-refractivity contribution is 5.94. The molecular formula is C25H30N4O3. The van der Waals surface area contributed by atoms with Crippen LogP contribution in [0.1, 0.15) is 32.9 Å². The van der Waals surface area contributed by atoms with Crippen LogP contribution in [-0.2, 0) is 13.0 Å². The van der Waals surface area contributed by atoms with Gasteiger partial charge < -0.3 is 14.8 Å². The molecule has 1 aliphatic rings. The van der Waals surface area contributed by atoms with Crippen molar-refractivity contribution >= 4 is 5.91 Å². The second kappa shape index (κ2) is 9.44. The molecule has 2 aromatic carbocycles. The average Bonchev–Trinajstić information content (AvgIpc) is 3.15. The number of methoxy groups -OCH3 is 2. The smallest absolute Gasteiger partial charge is 0.251 e. The maximum atomic E-state index is 12.6. The Morgan fingerprint density at radius 1 is 1.03 bits per heavy atom. The van der Waals surface area contributed by atoms with E-state index in [9.17, 15) is 4.79 Å². The summed E-state index contributed by atoms with van der Waals surface area (Å²) in [5.74, 6) is 1.47. The number of ether oxygens (including phenoxy) is 2. The lowest BCUT2D eigenvalue weighted by Crippen LogP contribution is -2.37. The summed E-state index contributed by atoms with van der Waals surface area (Å²) in [7, 11) is 3.32. The molecule has 0 saturated heterocycles. The number of carbonyl (C=O) groups is 1. The molecule has 0 atom stereocenters. The fourth-order valence-electron chi connectivity index (χ4n) is 4.21. The van der Waals surface area contributed by atoms with E-state index in [1.165, 1.54) is 11.1 Å². The Bertz CT molecular complexity index is 1110. The summed E-state index contributed by atoms with van der Waals surface area (Å²) < 4.78 is 12.7. The van der Waals surface area contributed by atoms with Gasteiger partial charge in [-0.1, -0.05) is 0 Å². The van der Waals surface area contributed by atoms with Gasteiger partial charge in [-0.25, -0.2) is 4.68 Å². The summed E-state index contributed by atoms with van der Waals surface area (Å²) in [6.45, 7) is 7.18. The minimum atomic E-state index is -0.0614. The third kappa shape index (κ3) is 4.62. The molecule has 7 heteroatoms. The molecule has 1 aliphatic heterocycles. The number of aromatic nitrogens is 2. The van der Waals surface area contributed by atoms with Gasteiger partial charge in [-0.05, 0) is 73.9 Å². The number of hydrogen-bond donors (Lipinski definition) is 1. The maximum Gasteiger partial charge on any atom is 0.251 e. The van der Waals surface area contributed by atoms with E-state index in [-0.39, 0.29) is 5.91 Å². The zero-order valence-electron chi connectivity index (χ0n) is 19.1. The summed E-state index contributed by atoms with van der Waals surface area (Å²) in [4.78, 5) is 14.9. The van der Waals surface area contributed by atoms with E-state index < -0.39 is 0 Å². The van der Waals surface area contributed by atoms with Crippen LogP contribution in [0.25, 0.3) is 5.69 Å². The van der Waals surface area contributed by atoms with Gasteiger partial charge in [0.1, 0.15) is 0 Å². The Morgan fingerprint density at radius 2 is 1.72 bits per heavy atom. The molecule has 0 spiro atoms. The van der Waals surface area contributed by atoms with Crippen molar-refractivity contribution in [3.05, 3.63) is 70.5 Å². The number of amides is 1. The quantitative estimate of drug-likeness (QED) is 0.618. The fraction of sp³-hybridized carbons (Fsp3) is 0.360. The van der Waals surface area contributed by atoms with Gasteiger partial charge in [0.05, 0.1) is 25.6 Å². The zero-order valence-corrected chi connectivity index (χ0v) is 19.1. The molecule has 2 heterocycles. The van der Waals surface area contributed by atoms with E-state index in [0.717, 1.165) is 54.6 Å². The van der Waals surface area contributed by atoms with Crippen LogP contribution < -0.4 is 14.8 Å². The van der Waals surface area contributed by atoms with Gasteiger partial charge in [0.15, 0.2) is 11.5 Å². The minimum Gasteiger partial charge on any atom is -0.493 e. The fourth-order valence-corrected chi connectivity index (χ4v) is 4.21. The number of nitrogens with zero attached hydrogens (tertiary/aromatic N) is 3. The first kappa shape index (κ1) is 21.9. The molecular weight excluding hydrogens is 404 g/mol. The molecule has 1 amide bonds. The summed E-state index contributed by atoms with van der Waals surface area (Å²) in [6, 6.07) is 13.7. The standard InChI is InChI=1S/C25H30N4O3/c1-17-13-18(2)29(27-17)22-7-5-19(6-8-22)25(30)26-10-12-28-11-9-20-14-23(31-3)24(32-4)15-21(20)16-28/h5-8,13-15H,9-12,16H2,1-4H3,(H,26,30). The van der Waals surface area contributed by atoms with Gasteiger partial charge in [0.25, 0.3) is 5.91 Å². The second-order valence-corrected chi connectivity index (χ2v) is 8.14. The van der Waals surface area contributed by atoms with E-state index in [0.29, 0.717) is 12.1 Å². The monoisotopic (exact) mass is 434 g/mol. The van der Waals surface area contributed by atoms with E-state index in [1.807, 2.05) is 48.9 Å². The number of rotatable bonds is 7. The molecule has 0 radical (unpaired) electrons. The predicted octanol–water partition coefficient (Wildman–Crippen LogP) is 3.29. The number of nitrogens with one attached hydrogen (secondary N) is 1. The Balaban J connectivity index is 1.31. The minimum absolute atomic E-state index is 0.0614. The average molecular weight is 435 g/mol. The predicted molar refractivity (Wildman–Crippen MR) is 124 cm³/mol. The lowest BCUT2D eigenvalue weighted by Gasteiger charge is -2.29. The van der Waals surface area contributed by atoms with Gasteiger partial charge in [0.2, 0.25) is 0 Å². The summed E-state index contributed by atoms with van der Waals surface area (Å²) in [5, 5.41) is 7.53. The lowest BCUT2D eigenvalue weighted by molar-refractivity contribution is 0.0947. The first-order valence-corrected chi connectivity index (χ1v) is 10.9. The van der Waals surface area contributed by atoms with Gasteiger partial charge in [-0.15, -0.1) is 0 Å². The van der Waals surface area contributed by atoms with Gasteiger partial charge >= 0.3 is 0 Å². The van der Waals surface area contributed by atoms with Crippen molar-refractivity contribution in [2.24, 2.45) is 0 Å². The highest BCUT2D eigenvalue weighted by atomic mass is 16.5. The van der Waals surface area contributed by atoms with E-state index in [1.54, 1.807) is 14.2 Å². The highest BCUT2D eigenvalue weighted by Crippen LogP contribution is 2.33. The first-order valence-electron chi connectivity index (χ1n) is 10.9. The SMILES string of the molecule is COc1cc2c(cc1OC)CN(CCNC(=O)c1ccc(-n3nc(C)cc3C)cc1)CC2. The number of fused-ring (bicyclic) bond motifs is 1. The van der Waals surface area contributed by atoms with Crippen molar-refractivity contribution in [2.45, 2.75) is 26.8 Å². The third-order valence-electron chi connectivity index (χ3n) is 5.89. The van der Waals surface area contributed by atoms with Crippen molar-refractivity contribution in [3.63, 3.8) is 0 Å². The molecule has 3 aromatic rings. The van der Waals surface area contributed by atoms with Crippen LogP contribution >= 0.6 is 0 Å². The normalized spacial score (nSPS) is 13.5. The van der Waals surface area contributed by atoms with Crippen molar-refractivity contribution < 1.29 is 14.3 Å². The molecule has 0 fully saturated rings. The molecule has 1 N–H and O–H groups in total. The number of hydrogen-bond acceptors (Lipinski definition) is 5. The topological polar surface area (TPSA) is 68.6 Å². The van der Waals surface area contributed by atoms with Crippen LogP contribution in [0.4, 0.5) is 0 Å². The molecule has 0 saturated carbocycles. The Morgan fingerprint density at radius 3 is 2.34 bits per heavy atom. The molecule has 7 nitrogen and oxygen atoms in total. The van der Waals surface area contributed by atoms with Crippen LogP contribution in [0.3, 0.4) is 0 Å². The summed E-state index contributed by atoms with van der Waals surface area (Å²) in [6.07, 6.45) is 0.956. The third-order valence-corrected chi connectivity index (χ3v) is 5.89. The zero-order chi connectivity index (χ0) is 22.7. The molecule has 0 unspecified atom stereocenters. The summed E-state index contributed by atoms with van der Waals surface area (Å²) in [5.41, 5.74) is 6.19. The number of aryl methyl sites for hydroxylation is 2. The molecule has 4 rings (SSSR count). The van der Waals surface area contributed by atoms with Crippen molar-refractivity contribution in [3.8, 4) is 17.2 Å². The molecule has 1 aromatic heterocycles. The van der Waals surface area contributed by atoms with Crippen molar-refractivity contribution in [1.82, 2.24) is 20.0 Å². The largest absolute Gasteiger partial charge is 0.493 e. The Hall–Kier alpha value is -3.32. The van der Waals surface area contributed by atoms with Crippen molar-refractivity contribution in [1.29, 1.82) is 0 Å². The van der Waals surface area contributed by atoms with Crippen molar-refractivity contribution in [2.75, 3.05) is 33.9 Å². The van der Waals surface area contributed by atoms with Crippen LogP contribution in [0.5, 0.6) is 11.5 Å². The first-order chi connectivity index (χ1) is 15.5. The van der Waals surface area contributed by atoms with Crippen LogP contribution in [0.2, 0.25) is 0 Å². The molecule has 168 valence electrons. The van der Waals surface area contributed by atoms with Crippen LogP contribution in [-0.4, -0.2) is 54.4 Å². The van der Waals surface area contributed by atoms with Gasteiger partial charge in [-0.2, -0.15) is 5.10 Å². The lowest BCUT2D eigenvalue weighted by atomic mass is 9.99. The van der Waals surface area contributed by atoms with Gasteiger partial charge in [-0.3, -0.25) is 9.69 Å². The van der Waals surface area contributed by atoms with E-state index in [4.69, 9.17) is 9.47 Å². The Kier molecular flexibility index (Phi) is 6.46. The second-order valence-electron chi connectivity index (χ2n) is 8.14. The molecule has 0 aliphatic carbocycles. The van der Waals surface area contributed by atoms with Crippen LogP contribution in [0, 0.1) is 13.8 Å². The number of benzene rings is 2. The maximum absolute atomic E-state index is 12.6. The Labute approximate surface area is 188 Å². The molecule has 0 bridgehead atoms. The van der Waals surface area contributed by atoms with Crippen LogP contribution in [0.15, 0.2) is 42.5 Å². The summed E-state index contributed by atoms with van der Waals surface area (Å²) >= 11 is 0. The van der Waals surface area contributed by atoms with E-state index >= 15 is 0 Å². The molecule has 32 heavy (non-hydrogen) atoms. The number of carbonyl (C=O) groups excluding carboxylic acids is 1. The highest BCUT2D eigenvalue weighted by Gasteiger charge is 2.19.